The lowest BCUT2D eigenvalue weighted by Crippen LogP contribution is -2.50. The fourth-order valence-electron chi connectivity index (χ4n) is 2.68. The number of carbonyl (C=O) groups is 1. The van der Waals surface area contributed by atoms with Crippen LogP contribution in [-0.4, -0.2) is 62.0 Å². The molecule has 2 atom stereocenters. The summed E-state index contributed by atoms with van der Waals surface area (Å²) >= 11 is 0. The number of hydrogen-bond acceptors (Lipinski definition) is 3. The van der Waals surface area contributed by atoms with Gasteiger partial charge in [0.25, 0.3) is 0 Å². The normalized spacial score (nSPS) is 23.2. The summed E-state index contributed by atoms with van der Waals surface area (Å²) in [5.74, 6) is 0.841. The van der Waals surface area contributed by atoms with E-state index in [1.807, 2.05) is 19.0 Å². The maximum atomic E-state index is 12.0. The van der Waals surface area contributed by atoms with Gasteiger partial charge in [-0.2, -0.15) is 0 Å². The highest BCUT2D eigenvalue weighted by Gasteiger charge is 2.30. The average molecular weight is 314 g/mol. The Kier molecular flexibility index (Phi) is 12.0. The molecule has 0 spiro atoms. The van der Waals surface area contributed by atoms with Gasteiger partial charge < -0.3 is 15.1 Å². The molecule has 1 aliphatic heterocycles. The standard InChI is InChI=1S/C13H27N3O.2ClH/c1-5-16-9-7-12(11(2)10-16)15(4)13(17)6-8-14-3;;/h11-12,14H,5-10H2,1-4H3;2*1H. The van der Waals surface area contributed by atoms with Crippen molar-refractivity contribution in [1.82, 2.24) is 15.1 Å². The number of nitrogens with one attached hydrogen (secondary N) is 1. The van der Waals surface area contributed by atoms with E-state index < -0.39 is 0 Å². The Bertz CT molecular complexity index is 254. The first-order chi connectivity index (χ1) is 8.10. The summed E-state index contributed by atoms with van der Waals surface area (Å²) in [5.41, 5.74) is 0. The average Bonchev–Trinajstić information content (AvgIpc) is 2.34. The topological polar surface area (TPSA) is 35.6 Å². The second-order valence-electron chi connectivity index (χ2n) is 5.08. The summed E-state index contributed by atoms with van der Waals surface area (Å²) in [6.45, 7) is 8.59. The van der Waals surface area contributed by atoms with E-state index in [9.17, 15) is 4.79 Å². The SMILES string of the molecule is CCN1CCC(N(C)C(=O)CCNC)C(C)C1.Cl.Cl. The number of piperidine rings is 1. The molecular weight excluding hydrogens is 285 g/mol. The first-order valence-corrected chi connectivity index (χ1v) is 6.72. The van der Waals surface area contributed by atoms with Gasteiger partial charge in [0.2, 0.25) is 5.91 Å². The minimum atomic E-state index is 0. The Morgan fingerprint density at radius 3 is 2.53 bits per heavy atom. The van der Waals surface area contributed by atoms with Gasteiger partial charge in [-0.05, 0) is 25.9 Å². The minimum Gasteiger partial charge on any atom is -0.342 e. The second-order valence-corrected chi connectivity index (χ2v) is 5.08. The summed E-state index contributed by atoms with van der Waals surface area (Å²) in [6, 6.07) is 0.419. The fraction of sp³-hybridized carbons (Fsp3) is 0.923. The third-order valence-electron chi connectivity index (χ3n) is 3.87. The summed E-state index contributed by atoms with van der Waals surface area (Å²) in [7, 11) is 3.84. The molecule has 0 aromatic heterocycles. The van der Waals surface area contributed by atoms with Crippen LogP contribution in [0.2, 0.25) is 0 Å². The van der Waals surface area contributed by atoms with E-state index in [0.717, 1.165) is 32.6 Å². The van der Waals surface area contributed by atoms with Gasteiger partial charge in [0, 0.05) is 39.1 Å². The summed E-state index contributed by atoms with van der Waals surface area (Å²) in [5, 5.41) is 3.03. The molecule has 0 aromatic carbocycles. The van der Waals surface area contributed by atoms with Crippen molar-refractivity contribution in [2.24, 2.45) is 5.92 Å². The molecule has 2 unspecified atom stereocenters. The van der Waals surface area contributed by atoms with Crippen molar-refractivity contribution in [3.63, 3.8) is 0 Å². The molecule has 1 fully saturated rings. The Labute approximate surface area is 130 Å². The number of carbonyl (C=O) groups excluding carboxylic acids is 1. The third-order valence-corrected chi connectivity index (χ3v) is 3.87. The second kappa shape index (κ2) is 10.7. The lowest BCUT2D eigenvalue weighted by molar-refractivity contribution is -0.133. The van der Waals surface area contributed by atoms with Crippen molar-refractivity contribution in [3.8, 4) is 0 Å². The van der Waals surface area contributed by atoms with Crippen molar-refractivity contribution in [3.05, 3.63) is 0 Å². The van der Waals surface area contributed by atoms with E-state index in [-0.39, 0.29) is 30.7 Å². The zero-order chi connectivity index (χ0) is 12.8. The quantitative estimate of drug-likeness (QED) is 0.838. The van der Waals surface area contributed by atoms with Gasteiger partial charge in [-0.1, -0.05) is 13.8 Å². The predicted molar refractivity (Wildman–Crippen MR) is 85.5 cm³/mol. The van der Waals surface area contributed by atoms with Crippen LogP contribution in [-0.2, 0) is 4.79 Å². The largest absolute Gasteiger partial charge is 0.342 e. The number of rotatable bonds is 5. The van der Waals surface area contributed by atoms with Crippen molar-refractivity contribution in [1.29, 1.82) is 0 Å². The van der Waals surface area contributed by atoms with E-state index in [0.29, 0.717) is 18.4 Å². The Balaban J connectivity index is 0. The van der Waals surface area contributed by atoms with Crippen molar-refractivity contribution >= 4 is 30.7 Å². The van der Waals surface area contributed by atoms with Gasteiger partial charge in [0.15, 0.2) is 0 Å². The van der Waals surface area contributed by atoms with Gasteiger partial charge in [-0.25, -0.2) is 0 Å². The maximum Gasteiger partial charge on any atom is 0.223 e. The number of halogens is 2. The van der Waals surface area contributed by atoms with Crippen LogP contribution in [0.1, 0.15) is 26.7 Å². The number of likely N-dealkylation sites (tertiary alicyclic amines) is 1. The van der Waals surface area contributed by atoms with Crippen molar-refractivity contribution < 1.29 is 4.79 Å². The molecule has 1 N–H and O–H groups in total. The Morgan fingerprint density at radius 2 is 2.05 bits per heavy atom. The van der Waals surface area contributed by atoms with E-state index >= 15 is 0 Å². The van der Waals surface area contributed by atoms with Gasteiger partial charge in [0.1, 0.15) is 0 Å². The van der Waals surface area contributed by atoms with Gasteiger partial charge in [-0.15, -0.1) is 24.8 Å². The molecule has 1 aliphatic rings. The lowest BCUT2D eigenvalue weighted by Gasteiger charge is -2.41. The summed E-state index contributed by atoms with van der Waals surface area (Å²) in [4.78, 5) is 16.4. The van der Waals surface area contributed by atoms with Gasteiger partial charge in [0.05, 0.1) is 0 Å². The molecule has 0 saturated carbocycles. The van der Waals surface area contributed by atoms with Crippen LogP contribution in [0, 0.1) is 5.92 Å². The summed E-state index contributed by atoms with van der Waals surface area (Å²) < 4.78 is 0. The molecule has 6 heteroatoms. The molecule has 1 rings (SSSR count). The van der Waals surface area contributed by atoms with Crippen LogP contribution < -0.4 is 5.32 Å². The van der Waals surface area contributed by atoms with Crippen LogP contribution in [0.25, 0.3) is 0 Å². The lowest BCUT2D eigenvalue weighted by atomic mass is 9.92. The highest BCUT2D eigenvalue weighted by Crippen LogP contribution is 2.21. The van der Waals surface area contributed by atoms with Crippen molar-refractivity contribution in [2.75, 3.05) is 40.3 Å². The van der Waals surface area contributed by atoms with Crippen molar-refractivity contribution in [2.45, 2.75) is 32.7 Å². The molecule has 1 saturated heterocycles. The van der Waals surface area contributed by atoms with Gasteiger partial charge in [-0.3, -0.25) is 4.79 Å². The molecule has 1 heterocycles. The van der Waals surface area contributed by atoms with Crippen LogP contribution in [0.4, 0.5) is 0 Å². The van der Waals surface area contributed by atoms with Crippen LogP contribution in [0.15, 0.2) is 0 Å². The molecule has 0 aromatic rings. The molecule has 19 heavy (non-hydrogen) atoms. The maximum absolute atomic E-state index is 12.0. The highest BCUT2D eigenvalue weighted by atomic mass is 35.5. The van der Waals surface area contributed by atoms with Crippen LogP contribution in [0.3, 0.4) is 0 Å². The Morgan fingerprint density at radius 1 is 1.42 bits per heavy atom. The Hall–Kier alpha value is -0.0300. The van der Waals surface area contributed by atoms with Crippen LogP contribution in [0.5, 0.6) is 0 Å². The third kappa shape index (κ3) is 6.30. The highest BCUT2D eigenvalue weighted by molar-refractivity contribution is 5.85. The first kappa shape index (κ1) is 21.3. The zero-order valence-electron chi connectivity index (χ0n) is 12.5. The van der Waals surface area contributed by atoms with Crippen LogP contribution >= 0.6 is 24.8 Å². The van der Waals surface area contributed by atoms with E-state index in [2.05, 4.69) is 24.1 Å². The minimum absolute atomic E-state index is 0. The molecular formula is C13H29Cl2N3O. The molecule has 1 amide bonds. The summed E-state index contributed by atoms with van der Waals surface area (Å²) in [6.07, 6.45) is 1.71. The molecule has 0 aliphatic carbocycles. The fourth-order valence-corrected chi connectivity index (χ4v) is 2.68. The predicted octanol–water partition coefficient (Wildman–Crippen LogP) is 1.63. The molecule has 4 nitrogen and oxygen atoms in total. The number of nitrogens with zero attached hydrogens (tertiary/aromatic N) is 2. The molecule has 0 radical (unpaired) electrons. The molecule has 0 bridgehead atoms. The number of amides is 1. The van der Waals surface area contributed by atoms with E-state index in [1.165, 1.54) is 0 Å². The molecule has 116 valence electrons. The van der Waals surface area contributed by atoms with Gasteiger partial charge >= 0.3 is 0 Å². The van der Waals surface area contributed by atoms with E-state index in [4.69, 9.17) is 0 Å². The monoisotopic (exact) mass is 313 g/mol. The first-order valence-electron chi connectivity index (χ1n) is 6.72. The smallest absolute Gasteiger partial charge is 0.223 e. The zero-order valence-corrected chi connectivity index (χ0v) is 14.1. The number of hydrogen-bond donors (Lipinski definition) is 1. The van der Waals surface area contributed by atoms with E-state index in [1.54, 1.807) is 0 Å².